The summed E-state index contributed by atoms with van der Waals surface area (Å²) in [5.74, 6) is -0.231. The quantitative estimate of drug-likeness (QED) is 0.639. The normalized spacial score (nSPS) is 22.7. The highest BCUT2D eigenvalue weighted by atomic mass is 32.1. The molecule has 0 aliphatic carbocycles. The number of nitrogens with zero attached hydrogens (tertiary/aromatic N) is 1. The highest BCUT2D eigenvalue weighted by molar-refractivity contribution is 7.19. The SMILES string of the molecule is CC(C)(C)[N+]1(C(=O)O)CCCC[C@H](NC(=O)c2cc(-c3ccccc3)sc2N)C1. The lowest BCUT2D eigenvalue weighted by Gasteiger charge is -2.44. The second-order valence-corrected chi connectivity index (χ2v) is 9.83. The molecule has 156 valence electrons. The molecule has 4 N–H and O–H groups in total. The van der Waals surface area contributed by atoms with Crippen molar-refractivity contribution in [2.24, 2.45) is 0 Å². The number of nitrogen functional groups attached to an aromatic ring is 1. The average molecular weight is 417 g/mol. The van der Waals surface area contributed by atoms with E-state index >= 15 is 0 Å². The van der Waals surface area contributed by atoms with Crippen LogP contribution in [-0.2, 0) is 0 Å². The fourth-order valence-electron chi connectivity index (χ4n) is 4.11. The Hall–Kier alpha value is -2.38. The molecule has 1 aliphatic heterocycles. The molecule has 1 aromatic heterocycles. The lowest BCUT2D eigenvalue weighted by atomic mass is 10.0. The van der Waals surface area contributed by atoms with Gasteiger partial charge in [0.15, 0.2) is 0 Å². The van der Waals surface area contributed by atoms with Gasteiger partial charge < -0.3 is 16.2 Å². The molecule has 0 bridgehead atoms. The molecule has 1 unspecified atom stereocenters. The van der Waals surface area contributed by atoms with Gasteiger partial charge in [-0.3, -0.25) is 4.79 Å². The second kappa shape index (κ2) is 8.16. The predicted octanol–water partition coefficient (Wildman–Crippen LogP) is 4.57. The molecule has 2 aromatic rings. The number of amides is 2. The van der Waals surface area contributed by atoms with Crippen molar-refractivity contribution in [1.29, 1.82) is 0 Å². The molecule has 2 amide bonds. The minimum Gasteiger partial charge on any atom is -0.435 e. The van der Waals surface area contributed by atoms with Crippen LogP contribution in [0, 0.1) is 0 Å². The van der Waals surface area contributed by atoms with E-state index in [-0.39, 0.29) is 16.4 Å². The topological polar surface area (TPSA) is 92.4 Å². The van der Waals surface area contributed by atoms with E-state index in [0.29, 0.717) is 23.7 Å². The molecule has 3 rings (SSSR count). The fourth-order valence-corrected chi connectivity index (χ4v) is 5.04. The Bertz CT molecular complexity index is 888. The lowest BCUT2D eigenvalue weighted by Crippen LogP contribution is -2.66. The number of nitrogens with two attached hydrogens (primary N) is 1. The van der Waals surface area contributed by atoms with Gasteiger partial charge in [-0.2, -0.15) is 4.79 Å². The molecule has 1 aromatic carbocycles. The summed E-state index contributed by atoms with van der Waals surface area (Å²) in [5, 5.41) is 13.6. The largest absolute Gasteiger partial charge is 0.514 e. The van der Waals surface area contributed by atoms with Gasteiger partial charge in [-0.05, 0) is 51.7 Å². The summed E-state index contributed by atoms with van der Waals surface area (Å²) < 4.78 is -0.0493. The maximum atomic E-state index is 13.0. The Morgan fingerprint density at radius 2 is 1.90 bits per heavy atom. The Morgan fingerprint density at radius 1 is 1.21 bits per heavy atom. The molecule has 1 aliphatic rings. The number of hydrogen-bond acceptors (Lipinski definition) is 4. The molecule has 2 heterocycles. The molecule has 0 spiro atoms. The number of carbonyl (C=O) groups excluding carboxylic acids is 1. The number of carbonyl (C=O) groups is 2. The van der Waals surface area contributed by atoms with Gasteiger partial charge in [0.05, 0.1) is 23.2 Å². The van der Waals surface area contributed by atoms with Gasteiger partial charge in [0, 0.05) is 4.88 Å². The van der Waals surface area contributed by atoms with Gasteiger partial charge in [0.1, 0.15) is 12.1 Å². The number of likely N-dealkylation sites (tertiary alicyclic amines) is 1. The van der Waals surface area contributed by atoms with E-state index in [1.54, 1.807) is 0 Å². The van der Waals surface area contributed by atoms with Crippen molar-refractivity contribution in [1.82, 2.24) is 5.32 Å². The first-order valence-corrected chi connectivity index (χ1v) is 10.8. The highest BCUT2D eigenvalue weighted by Crippen LogP contribution is 2.34. The molecule has 29 heavy (non-hydrogen) atoms. The number of thiophene rings is 1. The monoisotopic (exact) mass is 416 g/mol. The Balaban J connectivity index is 1.81. The Labute approximate surface area is 175 Å². The zero-order chi connectivity index (χ0) is 21.2. The van der Waals surface area contributed by atoms with Gasteiger partial charge in [0.2, 0.25) is 0 Å². The van der Waals surface area contributed by atoms with Crippen molar-refractivity contribution >= 4 is 28.3 Å². The summed E-state index contributed by atoms with van der Waals surface area (Å²) in [4.78, 5) is 26.2. The number of hydrogen-bond donors (Lipinski definition) is 3. The van der Waals surface area contributed by atoms with Crippen molar-refractivity contribution < 1.29 is 19.2 Å². The van der Waals surface area contributed by atoms with Crippen LogP contribution in [0.3, 0.4) is 0 Å². The summed E-state index contributed by atoms with van der Waals surface area (Å²) >= 11 is 1.39. The zero-order valence-corrected chi connectivity index (χ0v) is 18.1. The van der Waals surface area contributed by atoms with E-state index in [4.69, 9.17) is 5.73 Å². The molecule has 0 saturated carbocycles. The molecule has 1 saturated heterocycles. The number of carboxylic acid groups (broad SMARTS) is 1. The number of nitrogens with one attached hydrogen (secondary N) is 1. The summed E-state index contributed by atoms with van der Waals surface area (Å²) in [6.07, 6.45) is 1.65. The van der Waals surface area contributed by atoms with E-state index in [0.717, 1.165) is 29.7 Å². The first-order valence-electron chi connectivity index (χ1n) is 10.0. The van der Waals surface area contributed by atoms with Crippen molar-refractivity contribution in [2.45, 2.75) is 51.6 Å². The van der Waals surface area contributed by atoms with Crippen molar-refractivity contribution in [2.75, 3.05) is 18.8 Å². The molecule has 1 fully saturated rings. The van der Waals surface area contributed by atoms with E-state index < -0.39 is 11.6 Å². The van der Waals surface area contributed by atoms with E-state index in [1.165, 1.54) is 11.3 Å². The van der Waals surface area contributed by atoms with Crippen LogP contribution in [0.2, 0.25) is 0 Å². The van der Waals surface area contributed by atoms with Crippen LogP contribution in [-0.4, -0.2) is 46.3 Å². The Morgan fingerprint density at radius 3 is 2.52 bits per heavy atom. The number of quaternary nitrogens is 1. The molecule has 6 nitrogen and oxygen atoms in total. The van der Waals surface area contributed by atoms with Crippen molar-refractivity contribution in [3.8, 4) is 10.4 Å². The first-order chi connectivity index (χ1) is 13.6. The minimum absolute atomic E-state index is 0.0493. The van der Waals surface area contributed by atoms with Crippen LogP contribution in [0.25, 0.3) is 10.4 Å². The van der Waals surface area contributed by atoms with Crippen LogP contribution in [0.15, 0.2) is 36.4 Å². The van der Waals surface area contributed by atoms with Gasteiger partial charge in [0.25, 0.3) is 5.91 Å². The van der Waals surface area contributed by atoms with Crippen molar-refractivity contribution in [3.63, 3.8) is 0 Å². The smallest absolute Gasteiger partial charge is 0.435 e. The average Bonchev–Trinajstić information content (AvgIpc) is 2.91. The van der Waals surface area contributed by atoms with Crippen LogP contribution in [0.4, 0.5) is 9.80 Å². The summed E-state index contributed by atoms with van der Waals surface area (Å²) in [6.45, 7) is 6.81. The lowest BCUT2D eigenvalue weighted by molar-refractivity contribution is -0.903. The molecular weight excluding hydrogens is 386 g/mol. The third-order valence-corrected chi connectivity index (χ3v) is 6.94. The third-order valence-electron chi connectivity index (χ3n) is 5.92. The highest BCUT2D eigenvalue weighted by Gasteiger charge is 2.50. The zero-order valence-electron chi connectivity index (χ0n) is 17.3. The van der Waals surface area contributed by atoms with Gasteiger partial charge in [-0.15, -0.1) is 11.3 Å². The molecule has 2 atom stereocenters. The van der Waals surface area contributed by atoms with Crippen LogP contribution in [0.1, 0.15) is 50.4 Å². The van der Waals surface area contributed by atoms with Crippen molar-refractivity contribution in [3.05, 3.63) is 42.0 Å². The third kappa shape index (κ3) is 4.31. The summed E-state index contributed by atoms with van der Waals surface area (Å²) in [7, 11) is 0. The number of rotatable bonds is 3. The van der Waals surface area contributed by atoms with E-state index in [1.807, 2.05) is 57.2 Å². The maximum absolute atomic E-state index is 13.0. The van der Waals surface area contributed by atoms with E-state index in [9.17, 15) is 14.7 Å². The number of benzene rings is 1. The summed E-state index contributed by atoms with van der Waals surface area (Å²) in [6, 6.07) is 11.4. The fraction of sp³-hybridized carbons (Fsp3) is 0.455. The molecule has 7 heteroatoms. The predicted molar refractivity (Wildman–Crippen MR) is 117 cm³/mol. The standard InChI is InChI=1S/C22H29N3O3S/c1-22(2,3)25(21(27)28)12-8-7-11-16(14-25)24-20(26)17-13-18(29-19(17)23)15-9-5-4-6-10-15/h4-6,9-10,13,16H,7-8,11-12,14H2,1-3H3,(H3-,23,24,26,27,28)/p+1/t16-,25?/m0/s1. The molecular formula is C22H30N3O3S+. The number of anilines is 1. The van der Waals surface area contributed by atoms with Crippen LogP contribution >= 0.6 is 11.3 Å². The van der Waals surface area contributed by atoms with E-state index in [2.05, 4.69) is 5.32 Å². The van der Waals surface area contributed by atoms with Gasteiger partial charge in [-0.1, -0.05) is 30.3 Å². The van der Waals surface area contributed by atoms with Crippen LogP contribution < -0.4 is 11.1 Å². The van der Waals surface area contributed by atoms with Gasteiger partial charge >= 0.3 is 6.09 Å². The maximum Gasteiger partial charge on any atom is 0.514 e. The molecule has 0 radical (unpaired) electrons. The minimum atomic E-state index is -0.833. The van der Waals surface area contributed by atoms with Crippen LogP contribution in [0.5, 0.6) is 0 Å². The first kappa shape index (κ1) is 21.3. The Kier molecular flexibility index (Phi) is 6.00. The second-order valence-electron chi connectivity index (χ2n) is 8.75. The summed E-state index contributed by atoms with van der Waals surface area (Å²) in [5.41, 5.74) is 7.17. The van der Waals surface area contributed by atoms with Gasteiger partial charge in [-0.25, -0.2) is 4.48 Å².